The minimum Gasteiger partial charge on any atom is -0.307 e. The fourth-order valence-electron chi connectivity index (χ4n) is 2.85. The molecule has 0 aliphatic carbocycles. The standard InChI is InChI=1S/C17H18N4O3/c1-20-9-8-15-12(11-20)4-2-7-16(15)19-17(22)18-13-5-3-6-14(10-13)21(23)24/h2-7,10H,8-9,11H2,1H3,(H2,18,19,22). The highest BCUT2D eigenvalue weighted by Gasteiger charge is 2.17. The summed E-state index contributed by atoms with van der Waals surface area (Å²) in [6, 6.07) is 11.3. The summed E-state index contributed by atoms with van der Waals surface area (Å²) < 4.78 is 0. The minimum atomic E-state index is -0.493. The number of carbonyl (C=O) groups is 1. The third-order valence-corrected chi connectivity index (χ3v) is 4.02. The Kier molecular flexibility index (Phi) is 4.43. The maximum Gasteiger partial charge on any atom is 0.323 e. The molecule has 2 aromatic rings. The van der Waals surface area contributed by atoms with E-state index in [9.17, 15) is 14.9 Å². The van der Waals surface area contributed by atoms with Crippen molar-refractivity contribution in [2.45, 2.75) is 13.0 Å². The highest BCUT2D eigenvalue weighted by Crippen LogP contribution is 2.26. The number of hydrogen-bond acceptors (Lipinski definition) is 4. The number of non-ortho nitro benzene ring substituents is 1. The molecule has 0 bridgehead atoms. The van der Waals surface area contributed by atoms with E-state index in [1.807, 2.05) is 12.1 Å². The molecule has 0 radical (unpaired) electrons. The number of nitrogens with one attached hydrogen (secondary N) is 2. The third-order valence-electron chi connectivity index (χ3n) is 4.02. The van der Waals surface area contributed by atoms with Crippen molar-refractivity contribution in [3.05, 3.63) is 63.7 Å². The van der Waals surface area contributed by atoms with Crippen LogP contribution in [0.2, 0.25) is 0 Å². The quantitative estimate of drug-likeness (QED) is 0.669. The molecule has 7 nitrogen and oxygen atoms in total. The minimum absolute atomic E-state index is 0.0621. The molecule has 7 heteroatoms. The number of nitro groups is 1. The van der Waals surface area contributed by atoms with E-state index in [-0.39, 0.29) is 5.69 Å². The Labute approximate surface area is 139 Å². The second-order valence-electron chi connectivity index (χ2n) is 5.82. The van der Waals surface area contributed by atoms with Crippen LogP contribution < -0.4 is 10.6 Å². The number of anilines is 2. The lowest BCUT2D eigenvalue weighted by Gasteiger charge is -2.26. The normalized spacial score (nSPS) is 13.9. The van der Waals surface area contributed by atoms with E-state index in [0.717, 1.165) is 30.8 Å². The zero-order valence-electron chi connectivity index (χ0n) is 13.3. The second-order valence-corrected chi connectivity index (χ2v) is 5.82. The molecule has 0 atom stereocenters. The first-order valence-corrected chi connectivity index (χ1v) is 7.65. The van der Waals surface area contributed by atoms with Crippen LogP contribution in [0.15, 0.2) is 42.5 Å². The summed E-state index contributed by atoms with van der Waals surface area (Å²) in [6.45, 7) is 1.80. The van der Waals surface area contributed by atoms with Gasteiger partial charge in [-0.2, -0.15) is 0 Å². The van der Waals surface area contributed by atoms with Gasteiger partial charge in [0, 0.05) is 36.6 Å². The Hall–Kier alpha value is -2.93. The number of rotatable bonds is 3. The van der Waals surface area contributed by atoms with Gasteiger partial charge >= 0.3 is 6.03 Å². The van der Waals surface area contributed by atoms with Gasteiger partial charge in [-0.3, -0.25) is 10.1 Å². The molecule has 2 aromatic carbocycles. The van der Waals surface area contributed by atoms with Crippen molar-refractivity contribution in [3.63, 3.8) is 0 Å². The van der Waals surface area contributed by atoms with Crippen LogP contribution in [0.5, 0.6) is 0 Å². The molecule has 2 amide bonds. The lowest BCUT2D eigenvalue weighted by Crippen LogP contribution is -2.28. The number of benzene rings is 2. The fraction of sp³-hybridized carbons (Fsp3) is 0.235. The van der Waals surface area contributed by atoms with E-state index in [1.165, 1.54) is 23.8 Å². The van der Waals surface area contributed by atoms with Gasteiger partial charge in [0.25, 0.3) is 5.69 Å². The zero-order chi connectivity index (χ0) is 17.1. The molecule has 24 heavy (non-hydrogen) atoms. The maximum atomic E-state index is 12.2. The van der Waals surface area contributed by atoms with Gasteiger partial charge in [-0.15, -0.1) is 0 Å². The highest BCUT2D eigenvalue weighted by molar-refractivity contribution is 6.00. The van der Waals surface area contributed by atoms with Gasteiger partial charge in [0.2, 0.25) is 0 Å². The summed E-state index contributed by atoms with van der Waals surface area (Å²) in [5.74, 6) is 0. The van der Waals surface area contributed by atoms with Crippen molar-refractivity contribution >= 4 is 23.1 Å². The number of likely N-dealkylation sites (N-methyl/N-ethyl adjacent to an activating group) is 1. The van der Waals surface area contributed by atoms with Crippen LogP contribution >= 0.6 is 0 Å². The first-order chi connectivity index (χ1) is 11.5. The summed E-state index contributed by atoms with van der Waals surface area (Å²) in [5, 5.41) is 16.3. The third kappa shape index (κ3) is 3.52. The Bertz CT molecular complexity index is 791. The highest BCUT2D eigenvalue weighted by atomic mass is 16.6. The zero-order valence-corrected chi connectivity index (χ0v) is 13.3. The molecule has 1 aliphatic heterocycles. The molecule has 2 N–H and O–H groups in total. The summed E-state index contributed by atoms with van der Waals surface area (Å²) in [4.78, 5) is 24.7. The number of hydrogen-bond donors (Lipinski definition) is 2. The number of fused-ring (bicyclic) bond motifs is 1. The fourth-order valence-corrected chi connectivity index (χ4v) is 2.85. The lowest BCUT2D eigenvalue weighted by atomic mass is 9.98. The molecule has 0 unspecified atom stereocenters. The van der Waals surface area contributed by atoms with Crippen molar-refractivity contribution < 1.29 is 9.72 Å². The lowest BCUT2D eigenvalue weighted by molar-refractivity contribution is -0.384. The molecule has 124 valence electrons. The number of nitro benzene ring substituents is 1. The van der Waals surface area contributed by atoms with Crippen molar-refractivity contribution in [2.75, 3.05) is 24.2 Å². The first kappa shape index (κ1) is 15.9. The van der Waals surface area contributed by atoms with Crippen molar-refractivity contribution in [1.82, 2.24) is 4.90 Å². The average molecular weight is 326 g/mol. The molecule has 0 spiro atoms. The average Bonchev–Trinajstić information content (AvgIpc) is 2.55. The van der Waals surface area contributed by atoms with Crippen LogP contribution in [0, 0.1) is 10.1 Å². The molecule has 3 rings (SSSR count). The van der Waals surface area contributed by atoms with Gasteiger partial charge in [-0.1, -0.05) is 18.2 Å². The van der Waals surface area contributed by atoms with Crippen LogP contribution in [0.3, 0.4) is 0 Å². The second kappa shape index (κ2) is 6.67. The van der Waals surface area contributed by atoms with Gasteiger partial charge in [-0.05, 0) is 36.7 Å². The predicted molar refractivity (Wildman–Crippen MR) is 92.2 cm³/mol. The topological polar surface area (TPSA) is 87.5 Å². The summed E-state index contributed by atoms with van der Waals surface area (Å²) in [7, 11) is 2.07. The van der Waals surface area contributed by atoms with Gasteiger partial charge < -0.3 is 15.5 Å². The summed E-state index contributed by atoms with van der Waals surface area (Å²) in [6.07, 6.45) is 0.874. The van der Waals surface area contributed by atoms with Crippen LogP contribution in [0.25, 0.3) is 0 Å². The van der Waals surface area contributed by atoms with Crippen LogP contribution in [0.1, 0.15) is 11.1 Å². The van der Waals surface area contributed by atoms with E-state index >= 15 is 0 Å². The van der Waals surface area contributed by atoms with Crippen molar-refractivity contribution in [2.24, 2.45) is 0 Å². The Morgan fingerprint density at radius 2 is 2.00 bits per heavy atom. The molecule has 0 saturated carbocycles. The van der Waals surface area contributed by atoms with Gasteiger partial charge in [0.15, 0.2) is 0 Å². The number of urea groups is 1. The maximum absolute atomic E-state index is 12.2. The van der Waals surface area contributed by atoms with Crippen molar-refractivity contribution in [1.29, 1.82) is 0 Å². The van der Waals surface area contributed by atoms with E-state index in [2.05, 4.69) is 28.6 Å². The number of amides is 2. The first-order valence-electron chi connectivity index (χ1n) is 7.65. The van der Waals surface area contributed by atoms with E-state index in [1.54, 1.807) is 6.07 Å². The van der Waals surface area contributed by atoms with Gasteiger partial charge in [-0.25, -0.2) is 4.79 Å². The largest absolute Gasteiger partial charge is 0.323 e. The summed E-state index contributed by atoms with van der Waals surface area (Å²) in [5.41, 5.74) is 3.45. The molecule has 1 aliphatic rings. The predicted octanol–water partition coefficient (Wildman–Crippen LogP) is 3.23. The van der Waals surface area contributed by atoms with Crippen molar-refractivity contribution in [3.8, 4) is 0 Å². The molecule has 0 aromatic heterocycles. The Morgan fingerprint density at radius 3 is 2.79 bits per heavy atom. The monoisotopic (exact) mass is 326 g/mol. The van der Waals surface area contributed by atoms with E-state index < -0.39 is 11.0 Å². The number of nitrogens with zero attached hydrogens (tertiary/aromatic N) is 2. The van der Waals surface area contributed by atoms with Crippen LogP contribution in [0.4, 0.5) is 21.9 Å². The molecular weight excluding hydrogens is 308 g/mol. The molecule has 0 fully saturated rings. The summed E-state index contributed by atoms with van der Waals surface area (Å²) >= 11 is 0. The Balaban J connectivity index is 1.73. The smallest absolute Gasteiger partial charge is 0.307 e. The molecule has 0 saturated heterocycles. The molecule has 1 heterocycles. The van der Waals surface area contributed by atoms with E-state index in [4.69, 9.17) is 0 Å². The Morgan fingerprint density at radius 1 is 1.21 bits per heavy atom. The molecular formula is C17H18N4O3. The SMILES string of the molecule is CN1CCc2c(cccc2NC(=O)Nc2cccc([N+](=O)[O-])c2)C1. The number of carbonyl (C=O) groups excluding carboxylic acids is 1. The van der Waals surface area contributed by atoms with Crippen LogP contribution in [-0.2, 0) is 13.0 Å². The van der Waals surface area contributed by atoms with Gasteiger partial charge in [0.1, 0.15) is 0 Å². The van der Waals surface area contributed by atoms with Gasteiger partial charge in [0.05, 0.1) is 4.92 Å². The van der Waals surface area contributed by atoms with E-state index in [0.29, 0.717) is 5.69 Å². The van der Waals surface area contributed by atoms with Crippen LogP contribution in [-0.4, -0.2) is 29.4 Å².